The Morgan fingerprint density at radius 3 is 3.00 bits per heavy atom. The molecule has 1 saturated carbocycles. The van der Waals surface area contributed by atoms with Crippen molar-refractivity contribution in [3.05, 3.63) is 5.82 Å². The van der Waals surface area contributed by atoms with Crippen LogP contribution >= 0.6 is 0 Å². The van der Waals surface area contributed by atoms with Crippen LogP contribution in [0.1, 0.15) is 44.9 Å². The first kappa shape index (κ1) is 12.1. The van der Waals surface area contributed by atoms with Gasteiger partial charge in [-0.25, -0.2) is 5.10 Å². The van der Waals surface area contributed by atoms with Gasteiger partial charge >= 0.3 is 0 Å². The van der Waals surface area contributed by atoms with E-state index in [0.717, 1.165) is 30.0 Å². The van der Waals surface area contributed by atoms with Crippen molar-refractivity contribution in [1.29, 1.82) is 0 Å². The Hall–Kier alpha value is -0.970. The molecule has 1 aromatic rings. The Bertz CT molecular complexity index is 363. The van der Waals surface area contributed by atoms with Gasteiger partial charge < -0.3 is 5.32 Å². The number of nitrogens with zero attached hydrogens (tertiary/aromatic N) is 3. The molecule has 0 bridgehead atoms. The fraction of sp³-hybridized carbons (Fsp3) is 0.923. The Labute approximate surface area is 108 Å². The van der Waals surface area contributed by atoms with E-state index in [1.54, 1.807) is 0 Å². The number of piperidine rings is 1. The number of rotatable bonds is 3. The molecule has 0 unspecified atom stereocenters. The van der Waals surface area contributed by atoms with E-state index in [4.69, 9.17) is 0 Å². The molecule has 2 aliphatic rings. The van der Waals surface area contributed by atoms with Gasteiger partial charge in [0.15, 0.2) is 0 Å². The van der Waals surface area contributed by atoms with Crippen molar-refractivity contribution in [3.63, 3.8) is 0 Å². The third kappa shape index (κ3) is 2.71. The molecule has 4 atom stereocenters. The lowest BCUT2D eigenvalue weighted by molar-refractivity contribution is 0.118. The van der Waals surface area contributed by atoms with E-state index in [1.807, 2.05) is 0 Å². The molecule has 18 heavy (non-hydrogen) atoms. The average molecular weight is 249 g/mol. The first-order valence-corrected chi connectivity index (χ1v) is 7.27. The van der Waals surface area contributed by atoms with Crippen LogP contribution in [0.3, 0.4) is 0 Å². The van der Waals surface area contributed by atoms with Crippen molar-refractivity contribution >= 4 is 0 Å². The zero-order valence-electron chi connectivity index (χ0n) is 11.1. The molecule has 0 spiro atoms. The first-order chi connectivity index (χ1) is 8.81. The van der Waals surface area contributed by atoms with E-state index in [-0.39, 0.29) is 0 Å². The highest BCUT2D eigenvalue weighted by Crippen LogP contribution is 2.39. The van der Waals surface area contributed by atoms with Crippen molar-refractivity contribution in [2.45, 2.75) is 51.5 Å². The molecule has 2 N–H and O–H groups in total. The number of aryl methyl sites for hydroxylation is 1. The van der Waals surface area contributed by atoms with Gasteiger partial charge in [0.05, 0.1) is 0 Å². The molecular formula is C13H23N5. The molecule has 1 aromatic heterocycles. The number of aromatic amines is 1. The predicted molar refractivity (Wildman–Crippen MR) is 68.9 cm³/mol. The maximum absolute atomic E-state index is 3.97. The van der Waals surface area contributed by atoms with E-state index in [0.29, 0.717) is 6.04 Å². The molecule has 2 fully saturated rings. The maximum atomic E-state index is 3.97. The van der Waals surface area contributed by atoms with Crippen molar-refractivity contribution in [2.24, 2.45) is 17.8 Å². The van der Waals surface area contributed by atoms with Crippen molar-refractivity contribution < 1.29 is 0 Å². The molecule has 3 rings (SSSR count). The standard InChI is InChI=1S/C13H23N5/c1-9-6-12-7-10(2-4-11(12)8-14-9)3-5-13-15-17-18-16-13/h9-12,14H,2-8H2,1H3,(H,15,16,17,18)/t9-,10+,11-,12-/m0/s1. The zero-order chi connectivity index (χ0) is 12.4. The summed E-state index contributed by atoms with van der Waals surface area (Å²) in [5, 5.41) is 17.7. The Kier molecular flexibility index (Phi) is 3.59. The Morgan fingerprint density at radius 2 is 2.17 bits per heavy atom. The Morgan fingerprint density at radius 1 is 1.22 bits per heavy atom. The molecule has 1 aliphatic carbocycles. The number of aromatic nitrogens is 4. The highest BCUT2D eigenvalue weighted by Gasteiger charge is 2.33. The molecule has 100 valence electrons. The minimum Gasteiger partial charge on any atom is -0.314 e. The lowest BCUT2D eigenvalue weighted by Gasteiger charge is -2.42. The van der Waals surface area contributed by atoms with E-state index in [2.05, 4.69) is 32.9 Å². The minimum atomic E-state index is 0.712. The van der Waals surface area contributed by atoms with Gasteiger partial charge in [-0.05, 0) is 67.3 Å². The summed E-state index contributed by atoms with van der Waals surface area (Å²) < 4.78 is 0. The number of tetrazole rings is 1. The third-order valence-corrected chi connectivity index (χ3v) is 4.81. The van der Waals surface area contributed by atoms with E-state index in [1.165, 1.54) is 38.6 Å². The first-order valence-electron chi connectivity index (χ1n) is 7.27. The molecule has 0 amide bonds. The smallest absolute Gasteiger partial charge is 0.148 e. The van der Waals surface area contributed by atoms with Gasteiger partial charge in [0.25, 0.3) is 0 Å². The van der Waals surface area contributed by atoms with Gasteiger partial charge in [-0.1, -0.05) is 6.42 Å². The lowest BCUT2D eigenvalue weighted by Crippen LogP contribution is -2.44. The van der Waals surface area contributed by atoms with Gasteiger partial charge in [-0.2, -0.15) is 0 Å². The molecule has 0 aromatic carbocycles. The summed E-state index contributed by atoms with van der Waals surface area (Å²) in [6, 6.07) is 0.712. The van der Waals surface area contributed by atoms with Crippen LogP contribution in [0, 0.1) is 17.8 Å². The average Bonchev–Trinajstić information content (AvgIpc) is 2.89. The molecule has 2 heterocycles. The van der Waals surface area contributed by atoms with Gasteiger partial charge in [0.2, 0.25) is 0 Å². The number of fused-ring (bicyclic) bond motifs is 1. The highest BCUT2D eigenvalue weighted by atomic mass is 15.5. The van der Waals surface area contributed by atoms with E-state index in [9.17, 15) is 0 Å². The number of H-pyrrole nitrogens is 1. The summed E-state index contributed by atoms with van der Waals surface area (Å²) >= 11 is 0. The van der Waals surface area contributed by atoms with Crippen LogP contribution in [-0.4, -0.2) is 33.2 Å². The third-order valence-electron chi connectivity index (χ3n) is 4.81. The summed E-state index contributed by atoms with van der Waals surface area (Å²) in [6.07, 6.45) is 7.82. The van der Waals surface area contributed by atoms with Crippen molar-refractivity contribution in [1.82, 2.24) is 25.9 Å². The van der Waals surface area contributed by atoms with E-state index < -0.39 is 0 Å². The second kappa shape index (κ2) is 5.34. The zero-order valence-corrected chi connectivity index (χ0v) is 11.1. The lowest BCUT2D eigenvalue weighted by atomic mass is 9.69. The largest absolute Gasteiger partial charge is 0.314 e. The maximum Gasteiger partial charge on any atom is 0.148 e. The summed E-state index contributed by atoms with van der Waals surface area (Å²) in [5.41, 5.74) is 0. The second-order valence-corrected chi connectivity index (χ2v) is 6.13. The van der Waals surface area contributed by atoms with E-state index >= 15 is 0 Å². The quantitative estimate of drug-likeness (QED) is 0.853. The van der Waals surface area contributed by atoms with Gasteiger partial charge in [-0.3, -0.25) is 0 Å². The summed E-state index contributed by atoms with van der Waals surface area (Å²) in [6.45, 7) is 3.56. The fourth-order valence-electron chi connectivity index (χ4n) is 3.76. The Balaban J connectivity index is 1.50. The van der Waals surface area contributed by atoms with Crippen LogP contribution in [-0.2, 0) is 6.42 Å². The van der Waals surface area contributed by atoms with Crippen LogP contribution in [0.15, 0.2) is 0 Å². The van der Waals surface area contributed by atoms with Crippen molar-refractivity contribution in [3.8, 4) is 0 Å². The van der Waals surface area contributed by atoms with Crippen LogP contribution < -0.4 is 5.32 Å². The molecule has 1 saturated heterocycles. The van der Waals surface area contributed by atoms with Crippen LogP contribution in [0.2, 0.25) is 0 Å². The fourth-order valence-corrected chi connectivity index (χ4v) is 3.76. The predicted octanol–water partition coefficient (Wildman–Crippen LogP) is 1.55. The number of nitrogens with one attached hydrogen (secondary N) is 2. The molecule has 1 aliphatic heterocycles. The van der Waals surface area contributed by atoms with Gasteiger partial charge in [0, 0.05) is 12.5 Å². The molecule has 5 heteroatoms. The normalized spacial score (nSPS) is 36.3. The number of hydrogen-bond acceptors (Lipinski definition) is 4. The second-order valence-electron chi connectivity index (χ2n) is 6.13. The number of hydrogen-bond donors (Lipinski definition) is 2. The summed E-state index contributed by atoms with van der Waals surface area (Å²) in [5.74, 6) is 3.70. The topological polar surface area (TPSA) is 66.5 Å². The van der Waals surface area contributed by atoms with Crippen LogP contribution in [0.5, 0.6) is 0 Å². The SMILES string of the molecule is C[C@H]1C[C@H]2C[C@@H](CCc3nnn[nH]3)CC[C@H]2CN1. The monoisotopic (exact) mass is 249 g/mol. The highest BCUT2D eigenvalue weighted by molar-refractivity contribution is 4.89. The summed E-state index contributed by atoms with van der Waals surface area (Å²) in [4.78, 5) is 0. The molecule has 0 radical (unpaired) electrons. The van der Waals surface area contributed by atoms with Crippen LogP contribution in [0.4, 0.5) is 0 Å². The van der Waals surface area contributed by atoms with Crippen molar-refractivity contribution in [2.75, 3.05) is 6.54 Å². The summed E-state index contributed by atoms with van der Waals surface area (Å²) in [7, 11) is 0. The molecular weight excluding hydrogens is 226 g/mol. The minimum absolute atomic E-state index is 0.712. The molecule has 5 nitrogen and oxygen atoms in total. The van der Waals surface area contributed by atoms with Gasteiger partial charge in [-0.15, -0.1) is 5.10 Å². The van der Waals surface area contributed by atoms with Gasteiger partial charge in [0.1, 0.15) is 5.82 Å². The van der Waals surface area contributed by atoms with Crippen LogP contribution in [0.25, 0.3) is 0 Å².